The number of amides is 1. The zero-order chi connectivity index (χ0) is 15.5. The maximum absolute atomic E-state index is 12.5. The van der Waals surface area contributed by atoms with Crippen molar-refractivity contribution < 1.29 is 4.79 Å². The summed E-state index contributed by atoms with van der Waals surface area (Å²) in [5.74, 6) is 0.177. The van der Waals surface area contributed by atoms with E-state index in [0.29, 0.717) is 22.5 Å². The van der Waals surface area contributed by atoms with Gasteiger partial charge in [0.25, 0.3) is 0 Å². The van der Waals surface area contributed by atoms with Gasteiger partial charge in [0.15, 0.2) is 0 Å². The van der Waals surface area contributed by atoms with Crippen LogP contribution in [0.2, 0.25) is 10.0 Å². The molecular formula is C16H21Cl2N3O. The number of carbonyl (C=O) groups excluding carboxylic acids is 1. The lowest BCUT2D eigenvalue weighted by atomic mass is 10.1. The average Bonchev–Trinajstić information content (AvgIpc) is 3.02. The fourth-order valence-corrected chi connectivity index (χ4v) is 3.57. The molecule has 1 atom stereocenters. The number of nitrogens with one attached hydrogen (secondary N) is 1. The molecule has 1 aromatic carbocycles. The maximum Gasteiger partial charge on any atom is 0.227 e. The number of rotatable bonds is 3. The van der Waals surface area contributed by atoms with Crippen molar-refractivity contribution in [1.29, 1.82) is 0 Å². The van der Waals surface area contributed by atoms with E-state index in [1.54, 1.807) is 12.1 Å². The summed E-state index contributed by atoms with van der Waals surface area (Å²) in [6.07, 6.45) is 1.47. The zero-order valence-electron chi connectivity index (χ0n) is 12.5. The third-order valence-electron chi connectivity index (χ3n) is 4.52. The normalized spacial score (nSPS) is 23.0. The first-order valence-corrected chi connectivity index (χ1v) is 8.55. The number of hydrogen-bond donors (Lipinski definition) is 1. The molecule has 1 amide bonds. The minimum absolute atomic E-state index is 0.177. The average molecular weight is 342 g/mol. The molecule has 0 saturated carbocycles. The minimum atomic E-state index is 0.177. The Kier molecular flexibility index (Phi) is 5.24. The Morgan fingerprint density at radius 1 is 1.18 bits per heavy atom. The fourth-order valence-electron chi connectivity index (χ4n) is 3.25. The van der Waals surface area contributed by atoms with Crippen LogP contribution in [0.15, 0.2) is 18.2 Å². The summed E-state index contributed by atoms with van der Waals surface area (Å²) in [7, 11) is 0. The lowest BCUT2D eigenvalue weighted by Gasteiger charge is -2.32. The molecule has 1 N–H and O–H groups in total. The van der Waals surface area contributed by atoms with E-state index in [-0.39, 0.29) is 5.91 Å². The Balaban J connectivity index is 1.55. The third-order valence-corrected chi connectivity index (χ3v) is 5.26. The number of piperazine rings is 1. The van der Waals surface area contributed by atoms with Crippen molar-refractivity contribution in [2.75, 3.05) is 39.3 Å². The van der Waals surface area contributed by atoms with Crippen molar-refractivity contribution in [2.45, 2.75) is 18.9 Å². The van der Waals surface area contributed by atoms with Crippen LogP contribution in [0, 0.1) is 0 Å². The Morgan fingerprint density at radius 3 is 2.68 bits per heavy atom. The Morgan fingerprint density at radius 2 is 1.95 bits per heavy atom. The Hall–Kier alpha value is -0.810. The van der Waals surface area contributed by atoms with Gasteiger partial charge in [0, 0.05) is 45.3 Å². The van der Waals surface area contributed by atoms with Crippen LogP contribution >= 0.6 is 23.2 Å². The maximum atomic E-state index is 12.5. The van der Waals surface area contributed by atoms with Crippen molar-refractivity contribution in [2.24, 2.45) is 0 Å². The lowest BCUT2D eigenvalue weighted by molar-refractivity contribution is -0.129. The predicted molar refractivity (Wildman–Crippen MR) is 89.6 cm³/mol. The molecule has 2 aliphatic rings. The van der Waals surface area contributed by atoms with Crippen molar-refractivity contribution in [3.63, 3.8) is 0 Å². The lowest BCUT2D eigenvalue weighted by Crippen LogP contribution is -2.49. The number of likely N-dealkylation sites (tertiary alicyclic amines) is 1. The van der Waals surface area contributed by atoms with Crippen LogP contribution in [0.25, 0.3) is 0 Å². The van der Waals surface area contributed by atoms with Gasteiger partial charge in [0.1, 0.15) is 0 Å². The topological polar surface area (TPSA) is 35.6 Å². The first-order valence-electron chi connectivity index (χ1n) is 7.80. The van der Waals surface area contributed by atoms with Gasteiger partial charge in [0.05, 0.1) is 16.5 Å². The van der Waals surface area contributed by atoms with Gasteiger partial charge in [-0.25, -0.2) is 0 Å². The van der Waals surface area contributed by atoms with Crippen molar-refractivity contribution in [3.05, 3.63) is 33.8 Å². The number of halogens is 2. The van der Waals surface area contributed by atoms with Gasteiger partial charge in [-0.2, -0.15) is 0 Å². The number of carbonyl (C=O) groups is 1. The van der Waals surface area contributed by atoms with Crippen molar-refractivity contribution in [3.8, 4) is 0 Å². The van der Waals surface area contributed by atoms with E-state index in [0.717, 1.165) is 51.3 Å². The molecule has 0 aliphatic carbocycles. The third kappa shape index (κ3) is 3.74. The van der Waals surface area contributed by atoms with Gasteiger partial charge in [-0.15, -0.1) is 0 Å². The first kappa shape index (κ1) is 16.1. The molecule has 4 nitrogen and oxygen atoms in total. The molecule has 2 heterocycles. The van der Waals surface area contributed by atoms with E-state index in [1.165, 1.54) is 0 Å². The van der Waals surface area contributed by atoms with E-state index >= 15 is 0 Å². The minimum Gasteiger partial charge on any atom is -0.341 e. The van der Waals surface area contributed by atoms with E-state index < -0.39 is 0 Å². The number of benzene rings is 1. The summed E-state index contributed by atoms with van der Waals surface area (Å²) in [6, 6.07) is 5.92. The standard InChI is InChI=1S/C16H21Cl2N3O/c17-14-2-1-12(9-15(14)18)10-16(22)21-6-3-13(11-21)20-7-4-19-5-8-20/h1-2,9,13,19H,3-8,10-11H2. The van der Waals surface area contributed by atoms with Gasteiger partial charge in [-0.3, -0.25) is 9.69 Å². The Bertz CT molecular complexity index is 546. The van der Waals surface area contributed by atoms with Crippen LogP contribution in [0.1, 0.15) is 12.0 Å². The second-order valence-corrected chi connectivity index (χ2v) is 6.81. The second kappa shape index (κ2) is 7.18. The van der Waals surface area contributed by atoms with Gasteiger partial charge in [-0.1, -0.05) is 29.3 Å². The number of nitrogens with zero attached hydrogens (tertiary/aromatic N) is 2. The molecule has 1 aromatic rings. The molecular weight excluding hydrogens is 321 g/mol. The van der Waals surface area contributed by atoms with Crippen LogP contribution in [0.4, 0.5) is 0 Å². The first-order chi connectivity index (χ1) is 10.6. The molecule has 3 rings (SSSR count). The van der Waals surface area contributed by atoms with Gasteiger partial charge in [0.2, 0.25) is 5.91 Å². The van der Waals surface area contributed by atoms with Crippen molar-refractivity contribution in [1.82, 2.24) is 15.1 Å². The van der Waals surface area contributed by atoms with E-state index in [1.807, 2.05) is 11.0 Å². The number of hydrogen-bond acceptors (Lipinski definition) is 3. The summed E-state index contributed by atoms with van der Waals surface area (Å²) in [5.41, 5.74) is 0.921. The fraction of sp³-hybridized carbons (Fsp3) is 0.562. The van der Waals surface area contributed by atoms with E-state index in [4.69, 9.17) is 23.2 Å². The van der Waals surface area contributed by atoms with Gasteiger partial charge in [-0.05, 0) is 24.1 Å². The molecule has 0 spiro atoms. The summed E-state index contributed by atoms with van der Waals surface area (Å²) in [5, 5.41) is 4.40. The molecule has 120 valence electrons. The summed E-state index contributed by atoms with van der Waals surface area (Å²) in [6.45, 7) is 5.97. The molecule has 0 bridgehead atoms. The molecule has 0 radical (unpaired) electrons. The molecule has 2 aliphatic heterocycles. The smallest absolute Gasteiger partial charge is 0.227 e. The van der Waals surface area contributed by atoms with Gasteiger partial charge >= 0.3 is 0 Å². The van der Waals surface area contributed by atoms with Crippen LogP contribution in [-0.4, -0.2) is 61.0 Å². The van der Waals surface area contributed by atoms with Crippen LogP contribution in [-0.2, 0) is 11.2 Å². The predicted octanol–water partition coefficient (Wildman–Crippen LogP) is 2.04. The summed E-state index contributed by atoms with van der Waals surface area (Å²) < 4.78 is 0. The van der Waals surface area contributed by atoms with Crippen LogP contribution in [0.5, 0.6) is 0 Å². The SMILES string of the molecule is O=C(Cc1ccc(Cl)c(Cl)c1)N1CCC(N2CCNCC2)C1. The highest BCUT2D eigenvalue weighted by molar-refractivity contribution is 6.42. The second-order valence-electron chi connectivity index (χ2n) is 5.99. The van der Waals surface area contributed by atoms with E-state index in [9.17, 15) is 4.79 Å². The largest absolute Gasteiger partial charge is 0.341 e. The van der Waals surface area contributed by atoms with Crippen molar-refractivity contribution >= 4 is 29.1 Å². The van der Waals surface area contributed by atoms with Gasteiger partial charge < -0.3 is 10.2 Å². The monoisotopic (exact) mass is 341 g/mol. The summed E-state index contributed by atoms with van der Waals surface area (Å²) >= 11 is 11.9. The highest BCUT2D eigenvalue weighted by Gasteiger charge is 2.30. The molecule has 22 heavy (non-hydrogen) atoms. The Labute approximate surface area is 141 Å². The molecule has 2 fully saturated rings. The summed E-state index contributed by atoms with van der Waals surface area (Å²) in [4.78, 5) is 16.9. The highest BCUT2D eigenvalue weighted by Crippen LogP contribution is 2.23. The molecule has 0 aromatic heterocycles. The molecule has 6 heteroatoms. The van der Waals surface area contributed by atoms with Crippen LogP contribution < -0.4 is 5.32 Å². The highest BCUT2D eigenvalue weighted by atomic mass is 35.5. The molecule has 2 saturated heterocycles. The molecule has 1 unspecified atom stereocenters. The van der Waals surface area contributed by atoms with E-state index in [2.05, 4.69) is 10.2 Å². The zero-order valence-corrected chi connectivity index (χ0v) is 14.0. The quantitative estimate of drug-likeness (QED) is 0.913. The van der Waals surface area contributed by atoms with Crippen LogP contribution in [0.3, 0.4) is 0 Å².